The van der Waals surface area contributed by atoms with Crippen LogP contribution in [0.3, 0.4) is 0 Å². The fraction of sp³-hybridized carbons (Fsp3) is 0.261. The number of carbonyl (C=O) groups excluding carboxylic acids is 3. The van der Waals surface area contributed by atoms with Crippen molar-refractivity contribution in [3.63, 3.8) is 0 Å². The molecule has 2 aromatic carbocycles. The summed E-state index contributed by atoms with van der Waals surface area (Å²) in [4.78, 5) is 37.5. The van der Waals surface area contributed by atoms with Crippen molar-refractivity contribution < 1.29 is 28.6 Å². The topological polar surface area (TPSA) is 82.1 Å². The van der Waals surface area contributed by atoms with E-state index in [0.717, 1.165) is 22.2 Å². The molecule has 0 radical (unpaired) electrons. The van der Waals surface area contributed by atoms with Gasteiger partial charge < -0.3 is 14.2 Å². The Balaban J connectivity index is 1.77. The highest BCUT2D eigenvalue weighted by molar-refractivity contribution is 8.18. The molecule has 0 unspecified atom stereocenters. The molecule has 0 atom stereocenters. The molecule has 7 nitrogen and oxygen atoms in total. The number of nitrogens with zero attached hydrogens (tertiary/aromatic N) is 1. The van der Waals surface area contributed by atoms with E-state index in [4.69, 9.17) is 25.8 Å². The average molecular weight is 476 g/mol. The number of ether oxygens (including phenoxy) is 3. The fourth-order valence-corrected chi connectivity index (χ4v) is 3.92. The van der Waals surface area contributed by atoms with Gasteiger partial charge in [0, 0.05) is 10.6 Å². The molecule has 9 heteroatoms. The molecule has 168 valence electrons. The summed E-state index contributed by atoms with van der Waals surface area (Å²) in [6.07, 6.45) is 1.58. The molecule has 0 saturated carbocycles. The maximum absolute atomic E-state index is 12.6. The minimum Gasteiger partial charge on any atom is -0.490 e. The molecule has 1 aliphatic rings. The number of hydrogen-bond acceptors (Lipinski definition) is 7. The first-order chi connectivity index (χ1) is 15.4. The van der Waals surface area contributed by atoms with Crippen LogP contribution in [-0.4, -0.2) is 41.8 Å². The van der Waals surface area contributed by atoms with E-state index in [-0.39, 0.29) is 18.1 Å². The lowest BCUT2D eigenvalue weighted by Gasteiger charge is -2.13. The third-order valence-corrected chi connectivity index (χ3v) is 5.65. The first-order valence-electron chi connectivity index (χ1n) is 9.97. The Labute approximate surface area is 195 Å². The number of hydrogen-bond donors (Lipinski definition) is 0. The molecule has 0 aromatic heterocycles. The lowest BCUT2D eigenvalue weighted by Crippen LogP contribution is -2.34. The number of esters is 1. The SMILES string of the molecule is CCOC(=O)CN1C(=O)S/C(=C\c2ccc(OCc3ccccc3Cl)c(OCC)c2)C1=O. The number of amides is 2. The Kier molecular flexibility index (Phi) is 8.19. The van der Waals surface area contributed by atoms with E-state index in [1.165, 1.54) is 0 Å². The summed E-state index contributed by atoms with van der Waals surface area (Å²) in [7, 11) is 0. The molecule has 2 aromatic rings. The Morgan fingerprint density at radius 1 is 1.06 bits per heavy atom. The molecule has 32 heavy (non-hydrogen) atoms. The van der Waals surface area contributed by atoms with Gasteiger partial charge in [-0.1, -0.05) is 35.9 Å². The first-order valence-corrected chi connectivity index (χ1v) is 11.2. The highest BCUT2D eigenvalue weighted by Gasteiger charge is 2.36. The minimum absolute atomic E-state index is 0.177. The second-order valence-corrected chi connectivity index (χ2v) is 7.99. The molecule has 0 N–H and O–H groups in total. The zero-order valence-corrected chi connectivity index (χ0v) is 19.2. The number of imide groups is 1. The van der Waals surface area contributed by atoms with Gasteiger partial charge in [0.25, 0.3) is 11.1 Å². The molecular formula is C23H22ClNO6S. The van der Waals surface area contributed by atoms with E-state index in [0.29, 0.717) is 28.7 Å². The summed E-state index contributed by atoms with van der Waals surface area (Å²) in [6.45, 7) is 3.97. The first kappa shape index (κ1) is 23.7. The third kappa shape index (κ3) is 5.83. The van der Waals surface area contributed by atoms with Crippen LogP contribution in [0.2, 0.25) is 5.02 Å². The van der Waals surface area contributed by atoms with Crippen LogP contribution in [0.5, 0.6) is 11.5 Å². The molecule has 0 spiro atoms. The van der Waals surface area contributed by atoms with Crippen molar-refractivity contribution in [1.29, 1.82) is 0 Å². The van der Waals surface area contributed by atoms with Crippen molar-refractivity contribution in [2.45, 2.75) is 20.5 Å². The molecular weight excluding hydrogens is 454 g/mol. The predicted octanol–water partition coefficient (Wildman–Crippen LogP) is 4.92. The lowest BCUT2D eigenvalue weighted by molar-refractivity contribution is -0.145. The molecule has 0 aliphatic carbocycles. The zero-order valence-electron chi connectivity index (χ0n) is 17.6. The van der Waals surface area contributed by atoms with Gasteiger partial charge in [0.1, 0.15) is 13.2 Å². The maximum Gasteiger partial charge on any atom is 0.326 e. The number of rotatable bonds is 9. The Hall–Kier alpha value is -2.97. The highest BCUT2D eigenvalue weighted by Crippen LogP contribution is 2.35. The van der Waals surface area contributed by atoms with E-state index in [1.807, 2.05) is 25.1 Å². The Morgan fingerprint density at radius 2 is 1.84 bits per heavy atom. The van der Waals surface area contributed by atoms with Gasteiger partial charge in [-0.25, -0.2) is 0 Å². The van der Waals surface area contributed by atoms with Gasteiger partial charge in [-0.15, -0.1) is 0 Å². The molecule has 0 bridgehead atoms. The van der Waals surface area contributed by atoms with E-state index in [1.54, 1.807) is 37.3 Å². The second-order valence-electron chi connectivity index (χ2n) is 6.59. The number of benzene rings is 2. The van der Waals surface area contributed by atoms with Crippen molar-refractivity contribution >= 4 is 46.6 Å². The Morgan fingerprint density at radius 3 is 2.56 bits per heavy atom. The summed E-state index contributed by atoms with van der Waals surface area (Å²) in [5, 5.41) is 0.0969. The zero-order chi connectivity index (χ0) is 23.1. The van der Waals surface area contributed by atoms with Gasteiger partial charge in [-0.3, -0.25) is 19.3 Å². The van der Waals surface area contributed by atoms with Gasteiger partial charge in [-0.05, 0) is 55.4 Å². The highest BCUT2D eigenvalue weighted by atomic mass is 35.5. The Bertz CT molecular complexity index is 1050. The van der Waals surface area contributed by atoms with Crippen molar-refractivity contribution in [2.75, 3.05) is 19.8 Å². The van der Waals surface area contributed by atoms with Crippen molar-refractivity contribution in [1.82, 2.24) is 4.90 Å². The summed E-state index contributed by atoms with van der Waals surface area (Å²) < 4.78 is 16.4. The molecule has 1 aliphatic heterocycles. The van der Waals surface area contributed by atoms with Gasteiger partial charge in [-0.2, -0.15) is 0 Å². The van der Waals surface area contributed by atoms with Crippen LogP contribution in [0.4, 0.5) is 4.79 Å². The summed E-state index contributed by atoms with van der Waals surface area (Å²) in [5.74, 6) is -0.141. The largest absolute Gasteiger partial charge is 0.490 e. The van der Waals surface area contributed by atoms with Gasteiger partial charge in [0.05, 0.1) is 18.1 Å². The summed E-state index contributed by atoms with van der Waals surface area (Å²) >= 11 is 6.96. The van der Waals surface area contributed by atoms with Crippen molar-refractivity contribution in [3.8, 4) is 11.5 Å². The monoisotopic (exact) mass is 475 g/mol. The number of carbonyl (C=O) groups is 3. The van der Waals surface area contributed by atoms with E-state index >= 15 is 0 Å². The average Bonchev–Trinajstić information content (AvgIpc) is 3.02. The van der Waals surface area contributed by atoms with Gasteiger partial charge in [0.15, 0.2) is 11.5 Å². The minimum atomic E-state index is -0.630. The van der Waals surface area contributed by atoms with Gasteiger partial charge in [0.2, 0.25) is 0 Å². The summed E-state index contributed by atoms with van der Waals surface area (Å²) in [5.41, 5.74) is 1.50. The van der Waals surface area contributed by atoms with Crippen LogP contribution >= 0.6 is 23.4 Å². The fourth-order valence-electron chi connectivity index (χ4n) is 2.90. The molecule has 1 fully saturated rings. The number of halogens is 1. The summed E-state index contributed by atoms with van der Waals surface area (Å²) in [6, 6.07) is 12.6. The normalized spacial score (nSPS) is 14.7. The van der Waals surface area contributed by atoms with Crippen molar-refractivity contribution in [2.24, 2.45) is 0 Å². The van der Waals surface area contributed by atoms with E-state index in [2.05, 4.69) is 0 Å². The molecule has 1 saturated heterocycles. The third-order valence-electron chi connectivity index (χ3n) is 4.37. The maximum atomic E-state index is 12.6. The molecule has 1 heterocycles. The van der Waals surface area contributed by atoms with Crippen LogP contribution in [0.25, 0.3) is 6.08 Å². The van der Waals surface area contributed by atoms with E-state index < -0.39 is 23.7 Å². The standard InChI is InChI=1S/C23H22ClNO6S/c1-3-29-19-11-15(9-10-18(19)31-14-16-7-5-6-8-17(16)24)12-20-22(27)25(23(28)32-20)13-21(26)30-4-2/h5-12H,3-4,13-14H2,1-2H3/b20-12-. The van der Waals surface area contributed by atoms with E-state index in [9.17, 15) is 14.4 Å². The number of thioether (sulfide) groups is 1. The second kappa shape index (κ2) is 11.1. The smallest absolute Gasteiger partial charge is 0.326 e. The van der Waals surface area contributed by atoms with Crippen LogP contribution in [0, 0.1) is 0 Å². The van der Waals surface area contributed by atoms with Crippen LogP contribution in [0.1, 0.15) is 25.0 Å². The predicted molar refractivity (Wildman–Crippen MR) is 123 cm³/mol. The molecule has 2 amide bonds. The van der Waals surface area contributed by atoms with Crippen molar-refractivity contribution in [3.05, 3.63) is 63.5 Å². The van der Waals surface area contributed by atoms with Gasteiger partial charge >= 0.3 is 5.97 Å². The quantitative estimate of drug-likeness (QED) is 0.376. The van der Waals surface area contributed by atoms with Crippen LogP contribution in [0.15, 0.2) is 47.4 Å². The van der Waals surface area contributed by atoms with Crippen LogP contribution in [-0.2, 0) is 20.9 Å². The lowest BCUT2D eigenvalue weighted by atomic mass is 10.1. The molecule has 3 rings (SSSR count). The van der Waals surface area contributed by atoms with Crippen LogP contribution < -0.4 is 9.47 Å².